The molecule has 1 aromatic heterocycles. The Kier molecular flexibility index (Phi) is 5.71. The van der Waals surface area contributed by atoms with Crippen LogP contribution in [0.25, 0.3) is 10.9 Å². The molecule has 3 amide bonds. The lowest BCUT2D eigenvalue weighted by molar-refractivity contribution is -0.142. The van der Waals surface area contributed by atoms with Crippen molar-refractivity contribution in [2.75, 3.05) is 49.3 Å². The maximum absolute atomic E-state index is 13.0. The molecule has 2 N–H and O–H groups in total. The molecule has 0 unspecified atom stereocenters. The van der Waals surface area contributed by atoms with E-state index in [-0.39, 0.29) is 35.7 Å². The first-order chi connectivity index (χ1) is 16.3. The van der Waals surface area contributed by atoms with Gasteiger partial charge in [0, 0.05) is 67.3 Å². The molecule has 1 spiro atoms. The molecule has 0 radical (unpaired) electrons. The van der Waals surface area contributed by atoms with Crippen molar-refractivity contribution in [2.45, 2.75) is 19.9 Å². The number of amides is 3. The van der Waals surface area contributed by atoms with E-state index in [9.17, 15) is 14.4 Å². The number of benzene rings is 1. The van der Waals surface area contributed by atoms with Crippen molar-refractivity contribution < 1.29 is 14.4 Å². The molecule has 0 aliphatic carbocycles. The first kappa shape index (κ1) is 22.6. The Morgan fingerprint density at radius 1 is 1.18 bits per heavy atom. The predicted molar refractivity (Wildman–Crippen MR) is 132 cm³/mol. The summed E-state index contributed by atoms with van der Waals surface area (Å²) in [5.41, 5.74) is 2.88. The second-order valence-electron chi connectivity index (χ2n) is 9.54. The van der Waals surface area contributed by atoms with E-state index in [0.717, 1.165) is 48.5 Å². The van der Waals surface area contributed by atoms with Crippen molar-refractivity contribution >= 4 is 51.8 Å². The maximum Gasteiger partial charge on any atom is 0.252 e. The van der Waals surface area contributed by atoms with Crippen molar-refractivity contribution in [1.29, 1.82) is 5.41 Å². The van der Waals surface area contributed by atoms with E-state index < -0.39 is 0 Å². The number of thioether (sulfide) groups is 1. The molecule has 4 heterocycles. The Morgan fingerprint density at radius 3 is 2.65 bits per heavy atom. The fraction of sp³-hybridized carbons (Fsp3) is 0.458. The van der Waals surface area contributed by atoms with Gasteiger partial charge in [0.25, 0.3) is 5.91 Å². The van der Waals surface area contributed by atoms with Crippen LogP contribution < -0.4 is 10.2 Å². The highest BCUT2D eigenvalue weighted by atomic mass is 32.2. The average molecular weight is 481 g/mol. The molecule has 5 rings (SSSR count). The summed E-state index contributed by atoms with van der Waals surface area (Å²) >= 11 is 1.62. The van der Waals surface area contributed by atoms with Gasteiger partial charge >= 0.3 is 0 Å². The molecule has 3 fully saturated rings. The van der Waals surface area contributed by atoms with Crippen LogP contribution in [0.5, 0.6) is 0 Å². The predicted octanol–water partition coefficient (Wildman–Crippen LogP) is 1.57. The molecule has 3 saturated heterocycles. The SMILES string of the molecule is CC(=N)[C@@H]1CSCN1C(=O)CNC(=O)c1ccnc2ccc(N3CC4(CN(C(C)=O)C4)C3)cc12. The van der Waals surface area contributed by atoms with E-state index in [0.29, 0.717) is 17.2 Å². The highest BCUT2D eigenvalue weighted by Crippen LogP contribution is 2.42. The van der Waals surface area contributed by atoms with Crippen LogP contribution in [-0.2, 0) is 9.59 Å². The molecule has 1 atom stereocenters. The Hall–Kier alpha value is -3.14. The highest BCUT2D eigenvalue weighted by molar-refractivity contribution is 7.99. The number of carbonyl (C=O) groups is 3. The minimum absolute atomic E-state index is 0.103. The number of likely N-dealkylation sites (tertiary alicyclic amines) is 1. The number of hydrogen-bond acceptors (Lipinski definition) is 7. The third kappa shape index (κ3) is 4.00. The first-order valence-corrected chi connectivity index (χ1v) is 12.5. The van der Waals surface area contributed by atoms with Gasteiger partial charge in [0.05, 0.1) is 29.5 Å². The summed E-state index contributed by atoms with van der Waals surface area (Å²) in [5, 5.41) is 11.4. The standard InChI is InChI=1S/C24H28N6O3S/c1-15(25)21-9-34-14-30(21)22(32)8-27-23(33)18-5-6-26-20-4-3-17(7-19(18)20)29-12-24(13-29)10-28(11-24)16(2)31/h3-7,21,25H,8-14H2,1-2H3,(H,27,33)/t21-/m0/s1. The molecule has 1 aromatic carbocycles. The smallest absolute Gasteiger partial charge is 0.252 e. The van der Waals surface area contributed by atoms with Crippen molar-refractivity contribution in [1.82, 2.24) is 20.1 Å². The first-order valence-electron chi connectivity index (χ1n) is 11.4. The Bertz CT molecular complexity index is 1190. The van der Waals surface area contributed by atoms with Gasteiger partial charge in [-0.25, -0.2) is 0 Å². The highest BCUT2D eigenvalue weighted by Gasteiger charge is 2.52. The molecule has 0 saturated carbocycles. The second-order valence-corrected chi connectivity index (χ2v) is 10.5. The largest absolute Gasteiger partial charge is 0.370 e. The van der Waals surface area contributed by atoms with Crippen LogP contribution in [0.1, 0.15) is 24.2 Å². The number of nitrogens with one attached hydrogen (secondary N) is 2. The number of nitrogens with zero attached hydrogens (tertiary/aromatic N) is 4. The summed E-state index contributed by atoms with van der Waals surface area (Å²) in [6.07, 6.45) is 1.60. The van der Waals surface area contributed by atoms with E-state index in [2.05, 4.69) is 15.2 Å². The minimum Gasteiger partial charge on any atom is -0.370 e. The minimum atomic E-state index is -0.316. The van der Waals surface area contributed by atoms with E-state index in [1.54, 1.807) is 42.8 Å². The summed E-state index contributed by atoms with van der Waals surface area (Å²) in [6, 6.07) is 7.39. The average Bonchev–Trinajstić information content (AvgIpc) is 3.25. The number of anilines is 1. The molecule has 3 aliphatic rings. The van der Waals surface area contributed by atoms with Crippen molar-refractivity contribution in [3.8, 4) is 0 Å². The number of pyridine rings is 1. The number of hydrogen-bond donors (Lipinski definition) is 2. The lowest BCUT2D eigenvalue weighted by atomic mass is 9.72. The van der Waals surface area contributed by atoms with Gasteiger partial charge in [-0.15, -0.1) is 11.8 Å². The zero-order valence-corrected chi connectivity index (χ0v) is 20.2. The molecule has 10 heteroatoms. The number of fused-ring (bicyclic) bond motifs is 1. The Balaban J connectivity index is 1.26. The van der Waals surface area contributed by atoms with Crippen LogP contribution in [0, 0.1) is 10.8 Å². The lowest BCUT2D eigenvalue weighted by Crippen LogP contribution is -2.72. The van der Waals surface area contributed by atoms with Crippen molar-refractivity contribution in [2.24, 2.45) is 5.41 Å². The normalized spacial score (nSPS) is 20.8. The second kappa shape index (κ2) is 8.57. The summed E-state index contributed by atoms with van der Waals surface area (Å²) < 4.78 is 0. The van der Waals surface area contributed by atoms with Crippen LogP contribution >= 0.6 is 11.8 Å². The molecule has 3 aliphatic heterocycles. The molecular weight excluding hydrogens is 452 g/mol. The van der Waals surface area contributed by atoms with Gasteiger partial charge < -0.3 is 25.4 Å². The fourth-order valence-corrected chi connectivity index (χ4v) is 6.34. The molecule has 34 heavy (non-hydrogen) atoms. The monoisotopic (exact) mass is 480 g/mol. The van der Waals surface area contributed by atoms with Gasteiger partial charge in [0.15, 0.2) is 0 Å². The van der Waals surface area contributed by atoms with Gasteiger partial charge in [-0.2, -0.15) is 0 Å². The third-order valence-corrected chi connectivity index (χ3v) is 8.00. The van der Waals surface area contributed by atoms with Crippen LogP contribution in [-0.4, -0.2) is 88.6 Å². The van der Waals surface area contributed by atoms with Crippen LogP contribution in [0.2, 0.25) is 0 Å². The van der Waals surface area contributed by atoms with Gasteiger partial charge in [-0.1, -0.05) is 0 Å². The quantitative estimate of drug-likeness (QED) is 0.629. The topological polar surface area (TPSA) is 110 Å². The number of aromatic nitrogens is 1. The molecule has 2 aromatic rings. The summed E-state index contributed by atoms with van der Waals surface area (Å²) in [5.74, 6) is 0.890. The zero-order valence-electron chi connectivity index (χ0n) is 19.3. The van der Waals surface area contributed by atoms with Crippen molar-refractivity contribution in [3.05, 3.63) is 36.0 Å². The van der Waals surface area contributed by atoms with E-state index in [1.807, 2.05) is 23.1 Å². The number of carbonyl (C=O) groups excluding carboxylic acids is 3. The Labute approximate surface area is 202 Å². The van der Waals surface area contributed by atoms with E-state index in [4.69, 9.17) is 5.41 Å². The summed E-state index contributed by atoms with van der Waals surface area (Å²) in [7, 11) is 0. The maximum atomic E-state index is 13.0. The van der Waals surface area contributed by atoms with Gasteiger partial charge in [-0.05, 0) is 31.2 Å². The lowest BCUT2D eigenvalue weighted by Gasteiger charge is -2.60. The Morgan fingerprint density at radius 2 is 1.94 bits per heavy atom. The van der Waals surface area contributed by atoms with Gasteiger partial charge in [0.1, 0.15) is 0 Å². The van der Waals surface area contributed by atoms with Gasteiger partial charge in [0.2, 0.25) is 11.8 Å². The fourth-order valence-electron chi connectivity index (χ4n) is 5.06. The van der Waals surface area contributed by atoms with Crippen LogP contribution in [0.3, 0.4) is 0 Å². The molecule has 9 nitrogen and oxygen atoms in total. The van der Waals surface area contributed by atoms with E-state index >= 15 is 0 Å². The van der Waals surface area contributed by atoms with Gasteiger partial charge in [-0.3, -0.25) is 19.4 Å². The van der Waals surface area contributed by atoms with Crippen LogP contribution in [0.15, 0.2) is 30.5 Å². The molecular formula is C24H28N6O3S. The molecule has 0 bridgehead atoms. The summed E-state index contributed by atoms with van der Waals surface area (Å²) in [4.78, 5) is 47.4. The number of rotatable bonds is 5. The molecule has 178 valence electrons. The zero-order chi connectivity index (χ0) is 24.0. The van der Waals surface area contributed by atoms with E-state index in [1.165, 1.54) is 0 Å². The summed E-state index contributed by atoms with van der Waals surface area (Å²) in [6.45, 7) is 6.61. The third-order valence-electron chi connectivity index (χ3n) is 6.99. The van der Waals surface area contributed by atoms with Crippen molar-refractivity contribution in [3.63, 3.8) is 0 Å². The van der Waals surface area contributed by atoms with Crippen LogP contribution in [0.4, 0.5) is 5.69 Å².